The van der Waals surface area contributed by atoms with E-state index in [1.165, 1.54) is 31.0 Å². The van der Waals surface area contributed by atoms with E-state index in [9.17, 15) is 9.59 Å². The van der Waals surface area contributed by atoms with Crippen LogP contribution in [0.1, 0.15) is 63.7 Å². The zero-order chi connectivity index (χ0) is 17.8. The van der Waals surface area contributed by atoms with Gasteiger partial charge in [-0.05, 0) is 31.6 Å². The zero-order valence-electron chi connectivity index (χ0n) is 14.7. The van der Waals surface area contributed by atoms with Crippen molar-refractivity contribution in [2.75, 3.05) is 5.75 Å². The van der Waals surface area contributed by atoms with Crippen molar-refractivity contribution in [3.8, 4) is 0 Å². The predicted octanol–water partition coefficient (Wildman–Crippen LogP) is 1.82. The number of aryl methyl sites for hydroxylation is 1. The molecule has 0 spiro atoms. The largest absolute Gasteiger partial charge is 0.370 e. The van der Waals surface area contributed by atoms with Gasteiger partial charge in [-0.15, -0.1) is 10.2 Å². The standard InChI is InChI=1S/C17H27N5O2S/c1-11-4-2-3-5-13(11)19-16(24)10-25-17-21-20-15(9-8-14(18)23)22(17)12-6-7-12/h11-13H,2-10H2,1H3,(H2,18,23)(H,19,24)/t11-,13-/m1/s1. The van der Waals surface area contributed by atoms with Crippen molar-refractivity contribution in [2.24, 2.45) is 11.7 Å². The first-order chi connectivity index (χ1) is 12.0. The SMILES string of the molecule is C[C@@H]1CCCC[C@H]1NC(=O)CSc1nnc(CCC(N)=O)n1C1CC1. The quantitative estimate of drug-likeness (QED) is 0.684. The number of carbonyl (C=O) groups is 2. The van der Waals surface area contributed by atoms with Gasteiger partial charge in [0.05, 0.1) is 5.75 Å². The second-order valence-electron chi connectivity index (χ2n) is 7.19. The topological polar surface area (TPSA) is 103 Å². The second-order valence-corrected chi connectivity index (χ2v) is 8.13. The summed E-state index contributed by atoms with van der Waals surface area (Å²) in [4.78, 5) is 23.3. The highest BCUT2D eigenvalue weighted by atomic mass is 32.2. The highest BCUT2D eigenvalue weighted by molar-refractivity contribution is 7.99. The van der Waals surface area contributed by atoms with E-state index in [1.807, 2.05) is 0 Å². The van der Waals surface area contributed by atoms with Crippen LogP contribution >= 0.6 is 11.8 Å². The molecule has 2 aliphatic carbocycles. The van der Waals surface area contributed by atoms with Gasteiger partial charge in [0.25, 0.3) is 0 Å². The summed E-state index contributed by atoms with van der Waals surface area (Å²) in [6.45, 7) is 2.21. The summed E-state index contributed by atoms with van der Waals surface area (Å²) in [5.41, 5.74) is 5.23. The Morgan fingerprint density at radius 2 is 2.00 bits per heavy atom. The van der Waals surface area contributed by atoms with E-state index in [0.29, 0.717) is 30.2 Å². The molecule has 2 saturated carbocycles. The molecule has 8 heteroatoms. The van der Waals surface area contributed by atoms with Crippen LogP contribution in [0.15, 0.2) is 5.16 Å². The van der Waals surface area contributed by atoms with Crippen LogP contribution in [0.25, 0.3) is 0 Å². The minimum absolute atomic E-state index is 0.0628. The van der Waals surface area contributed by atoms with Crippen LogP contribution < -0.4 is 11.1 Å². The molecule has 138 valence electrons. The van der Waals surface area contributed by atoms with E-state index >= 15 is 0 Å². The number of nitrogens with two attached hydrogens (primary N) is 1. The molecule has 0 bridgehead atoms. The molecule has 2 amide bonds. The van der Waals surface area contributed by atoms with Gasteiger partial charge in [0.15, 0.2) is 5.16 Å². The molecule has 2 atom stereocenters. The number of aromatic nitrogens is 3. The number of hydrogen-bond donors (Lipinski definition) is 2. The summed E-state index contributed by atoms with van der Waals surface area (Å²) in [7, 11) is 0. The van der Waals surface area contributed by atoms with Crippen LogP contribution in [-0.2, 0) is 16.0 Å². The number of nitrogens with zero attached hydrogens (tertiary/aromatic N) is 3. The predicted molar refractivity (Wildman–Crippen MR) is 96.1 cm³/mol. The Bertz CT molecular complexity index is 629. The van der Waals surface area contributed by atoms with Gasteiger partial charge >= 0.3 is 0 Å². The molecule has 7 nitrogen and oxygen atoms in total. The Morgan fingerprint density at radius 3 is 2.68 bits per heavy atom. The first-order valence-corrected chi connectivity index (χ1v) is 10.2. The Balaban J connectivity index is 1.55. The maximum absolute atomic E-state index is 12.3. The third-order valence-corrected chi connectivity index (χ3v) is 5.98. The van der Waals surface area contributed by atoms with Gasteiger partial charge in [0.2, 0.25) is 11.8 Å². The molecule has 0 saturated heterocycles. The number of amides is 2. The van der Waals surface area contributed by atoms with Crippen molar-refractivity contribution < 1.29 is 9.59 Å². The van der Waals surface area contributed by atoms with E-state index in [0.717, 1.165) is 30.2 Å². The molecule has 2 fully saturated rings. The molecule has 3 N–H and O–H groups in total. The number of thioether (sulfide) groups is 1. The Kier molecular flexibility index (Phi) is 5.98. The highest BCUT2D eigenvalue weighted by Crippen LogP contribution is 2.39. The normalized spacial score (nSPS) is 23.4. The van der Waals surface area contributed by atoms with E-state index in [4.69, 9.17) is 5.73 Å². The van der Waals surface area contributed by atoms with Crippen molar-refractivity contribution in [2.45, 2.75) is 75.5 Å². The first kappa shape index (κ1) is 18.2. The Morgan fingerprint density at radius 1 is 1.24 bits per heavy atom. The van der Waals surface area contributed by atoms with Gasteiger partial charge in [-0.1, -0.05) is 31.5 Å². The summed E-state index contributed by atoms with van der Waals surface area (Å²) < 4.78 is 2.09. The van der Waals surface area contributed by atoms with Gasteiger partial charge in [-0.3, -0.25) is 9.59 Å². The van der Waals surface area contributed by atoms with E-state index in [-0.39, 0.29) is 18.2 Å². The van der Waals surface area contributed by atoms with Crippen molar-refractivity contribution in [1.82, 2.24) is 20.1 Å². The van der Waals surface area contributed by atoms with Gasteiger partial charge in [0.1, 0.15) is 5.82 Å². The minimum Gasteiger partial charge on any atom is -0.370 e. The molecule has 0 aromatic carbocycles. The summed E-state index contributed by atoms with van der Waals surface area (Å²) in [5, 5.41) is 12.4. The van der Waals surface area contributed by atoms with Crippen LogP contribution in [-0.4, -0.2) is 38.4 Å². The van der Waals surface area contributed by atoms with Crippen LogP contribution in [0, 0.1) is 5.92 Å². The fraction of sp³-hybridized carbons (Fsp3) is 0.765. The highest BCUT2D eigenvalue weighted by Gasteiger charge is 2.30. The minimum atomic E-state index is -0.333. The molecule has 0 unspecified atom stereocenters. The molecule has 1 aromatic rings. The lowest BCUT2D eigenvalue weighted by Gasteiger charge is -2.29. The lowest BCUT2D eigenvalue weighted by molar-refractivity contribution is -0.120. The number of hydrogen-bond acceptors (Lipinski definition) is 5. The molecule has 1 heterocycles. The second kappa shape index (κ2) is 8.21. The first-order valence-electron chi connectivity index (χ1n) is 9.19. The number of primary amides is 1. The third-order valence-electron chi connectivity index (χ3n) is 5.03. The van der Waals surface area contributed by atoms with Crippen LogP contribution in [0.5, 0.6) is 0 Å². The third kappa shape index (κ3) is 4.96. The molecule has 0 aliphatic heterocycles. The van der Waals surface area contributed by atoms with Gasteiger partial charge < -0.3 is 15.6 Å². The van der Waals surface area contributed by atoms with Crippen molar-refractivity contribution in [1.29, 1.82) is 0 Å². The molecule has 1 aromatic heterocycles. The van der Waals surface area contributed by atoms with Gasteiger partial charge in [0, 0.05) is 24.9 Å². The number of nitrogens with one attached hydrogen (secondary N) is 1. The van der Waals surface area contributed by atoms with Crippen molar-refractivity contribution >= 4 is 23.6 Å². The fourth-order valence-corrected chi connectivity index (χ4v) is 4.26. The van der Waals surface area contributed by atoms with Gasteiger partial charge in [-0.25, -0.2) is 0 Å². The van der Waals surface area contributed by atoms with E-state index in [1.54, 1.807) is 0 Å². The summed E-state index contributed by atoms with van der Waals surface area (Å²) in [6, 6.07) is 0.705. The summed E-state index contributed by atoms with van der Waals surface area (Å²) in [6.07, 6.45) is 7.70. The Labute approximate surface area is 152 Å². The molecular formula is C17H27N5O2S. The van der Waals surface area contributed by atoms with E-state index in [2.05, 4.69) is 27.0 Å². The lowest BCUT2D eigenvalue weighted by atomic mass is 9.86. The lowest BCUT2D eigenvalue weighted by Crippen LogP contribution is -2.41. The average Bonchev–Trinajstić information content (AvgIpc) is 3.33. The summed E-state index contributed by atoms with van der Waals surface area (Å²) in [5.74, 6) is 1.43. The Hall–Kier alpha value is -1.57. The van der Waals surface area contributed by atoms with Crippen LogP contribution in [0.3, 0.4) is 0 Å². The molecule has 2 aliphatic rings. The molecule has 25 heavy (non-hydrogen) atoms. The van der Waals surface area contributed by atoms with Crippen LogP contribution in [0.4, 0.5) is 0 Å². The smallest absolute Gasteiger partial charge is 0.230 e. The summed E-state index contributed by atoms with van der Waals surface area (Å²) >= 11 is 1.43. The van der Waals surface area contributed by atoms with Crippen LogP contribution in [0.2, 0.25) is 0 Å². The zero-order valence-corrected chi connectivity index (χ0v) is 15.6. The maximum atomic E-state index is 12.3. The maximum Gasteiger partial charge on any atom is 0.230 e. The van der Waals surface area contributed by atoms with Crippen molar-refractivity contribution in [3.63, 3.8) is 0 Å². The van der Waals surface area contributed by atoms with E-state index < -0.39 is 0 Å². The van der Waals surface area contributed by atoms with Crippen molar-refractivity contribution in [3.05, 3.63) is 5.82 Å². The number of carbonyl (C=O) groups excluding carboxylic acids is 2. The molecule has 0 radical (unpaired) electrons. The monoisotopic (exact) mass is 365 g/mol. The van der Waals surface area contributed by atoms with Gasteiger partial charge in [-0.2, -0.15) is 0 Å². The average molecular weight is 366 g/mol. The number of rotatable bonds is 8. The molecular weight excluding hydrogens is 338 g/mol. The fourth-order valence-electron chi connectivity index (χ4n) is 3.42. The molecule has 3 rings (SSSR count).